The van der Waals surface area contributed by atoms with Gasteiger partial charge in [-0.15, -0.1) is 0 Å². The van der Waals surface area contributed by atoms with Crippen molar-refractivity contribution in [3.63, 3.8) is 0 Å². The van der Waals surface area contributed by atoms with Gasteiger partial charge in [0.05, 0.1) is 11.8 Å². The van der Waals surface area contributed by atoms with Crippen molar-refractivity contribution >= 4 is 11.6 Å². The summed E-state index contributed by atoms with van der Waals surface area (Å²) in [5, 5.41) is 6.92. The van der Waals surface area contributed by atoms with E-state index >= 15 is 0 Å². The SMILES string of the molecule is CC1CCCCN1Cc1ccc(NC(=O)c2cnn(C)c2)cc1. The molecule has 1 aromatic carbocycles. The van der Waals surface area contributed by atoms with Crippen LogP contribution in [0.15, 0.2) is 36.7 Å². The van der Waals surface area contributed by atoms with E-state index in [0.29, 0.717) is 11.6 Å². The zero-order valence-electron chi connectivity index (χ0n) is 13.8. The zero-order chi connectivity index (χ0) is 16.2. The molecule has 1 fully saturated rings. The largest absolute Gasteiger partial charge is 0.322 e. The number of benzene rings is 1. The lowest BCUT2D eigenvalue weighted by molar-refractivity contribution is 0.102. The lowest BCUT2D eigenvalue weighted by atomic mass is 10.0. The van der Waals surface area contributed by atoms with Crippen molar-refractivity contribution in [2.75, 3.05) is 11.9 Å². The van der Waals surface area contributed by atoms with Gasteiger partial charge in [-0.2, -0.15) is 5.10 Å². The van der Waals surface area contributed by atoms with Crippen LogP contribution in [-0.4, -0.2) is 33.2 Å². The Morgan fingerprint density at radius 2 is 2.09 bits per heavy atom. The molecular weight excluding hydrogens is 288 g/mol. The monoisotopic (exact) mass is 312 g/mol. The van der Waals surface area contributed by atoms with Crippen LogP contribution in [0.25, 0.3) is 0 Å². The topological polar surface area (TPSA) is 50.2 Å². The molecule has 2 heterocycles. The van der Waals surface area contributed by atoms with E-state index in [2.05, 4.69) is 34.4 Å². The smallest absolute Gasteiger partial charge is 0.258 e. The number of likely N-dealkylation sites (tertiary alicyclic amines) is 1. The Kier molecular flexibility index (Phi) is 4.76. The summed E-state index contributed by atoms with van der Waals surface area (Å²) < 4.78 is 1.62. The third-order valence-electron chi connectivity index (χ3n) is 4.51. The quantitative estimate of drug-likeness (QED) is 0.944. The first-order valence-corrected chi connectivity index (χ1v) is 8.25. The molecular formula is C18H24N4O. The average Bonchev–Trinajstić information content (AvgIpc) is 2.98. The van der Waals surface area contributed by atoms with E-state index in [1.165, 1.54) is 31.4 Å². The standard InChI is InChI=1S/C18H24N4O/c1-14-5-3-4-10-22(14)12-15-6-8-17(9-7-15)20-18(23)16-11-19-21(2)13-16/h6-9,11,13-14H,3-5,10,12H2,1-2H3,(H,20,23). The maximum absolute atomic E-state index is 12.1. The number of carbonyl (C=O) groups excluding carboxylic acids is 1. The number of amides is 1. The van der Waals surface area contributed by atoms with Crippen molar-refractivity contribution in [3.05, 3.63) is 47.8 Å². The maximum atomic E-state index is 12.1. The van der Waals surface area contributed by atoms with Gasteiger partial charge in [0.2, 0.25) is 0 Å². The zero-order valence-corrected chi connectivity index (χ0v) is 13.8. The highest BCUT2D eigenvalue weighted by atomic mass is 16.1. The van der Waals surface area contributed by atoms with Crippen LogP contribution in [0.4, 0.5) is 5.69 Å². The van der Waals surface area contributed by atoms with Crippen LogP contribution in [-0.2, 0) is 13.6 Å². The number of carbonyl (C=O) groups is 1. The first-order valence-electron chi connectivity index (χ1n) is 8.25. The Labute approximate surface area is 137 Å². The molecule has 2 aromatic rings. The second-order valence-electron chi connectivity index (χ2n) is 6.37. The summed E-state index contributed by atoms with van der Waals surface area (Å²) in [5.74, 6) is -0.129. The maximum Gasteiger partial charge on any atom is 0.258 e. The number of hydrogen-bond acceptors (Lipinski definition) is 3. The molecule has 5 nitrogen and oxygen atoms in total. The molecule has 1 aliphatic heterocycles. The normalized spacial score (nSPS) is 18.8. The van der Waals surface area contributed by atoms with Crippen LogP contribution in [0, 0.1) is 0 Å². The highest BCUT2D eigenvalue weighted by Gasteiger charge is 2.18. The number of nitrogens with one attached hydrogen (secondary N) is 1. The average molecular weight is 312 g/mol. The fourth-order valence-electron chi connectivity index (χ4n) is 3.06. The molecule has 3 rings (SSSR count). The summed E-state index contributed by atoms with van der Waals surface area (Å²) in [6, 6.07) is 8.80. The van der Waals surface area contributed by atoms with Crippen molar-refractivity contribution in [1.82, 2.24) is 14.7 Å². The molecule has 0 bridgehead atoms. The highest BCUT2D eigenvalue weighted by Crippen LogP contribution is 2.20. The van der Waals surface area contributed by atoms with E-state index in [4.69, 9.17) is 0 Å². The van der Waals surface area contributed by atoms with Crippen LogP contribution < -0.4 is 5.32 Å². The number of aromatic nitrogens is 2. The molecule has 1 aromatic heterocycles. The van der Waals surface area contributed by atoms with E-state index in [-0.39, 0.29) is 5.91 Å². The van der Waals surface area contributed by atoms with E-state index in [1.807, 2.05) is 12.1 Å². The molecule has 0 radical (unpaired) electrons. The van der Waals surface area contributed by atoms with Crippen LogP contribution in [0.5, 0.6) is 0 Å². The fourth-order valence-corrected chi connectivity index (χ4v) is 3.06. The third-order valence-corrected chi connectivity index (χ3v) is 4.51. The molecule has 1 atom stereocenters. The Hall–Kier alpha value is -2.14. The van der Waals surface area contributed by atoms with E-state index < -0.39 is 0 Å². The molecule has 1 amide bonds. The number of hydrogen-bond donors (Lipinski definition) is 1. The summed E-state index contributed by atoms with van der Waals surface area (Å²) in [7, 11) is 1.80. The third kappa shape index (κ3) is 3.99. The number of anilines is 1. The molecule has 5 heteroatoms. The van der Waals surface area contributed by atoms with Crippen LogP contribution in [0.1, 0.15) is 42.1 Å². The van der Waals surface area contributed by atoms with E-state index in [9.17, 15) is 4.79 Å². The molecule has 0 spiro atoms. The highest BCUT2D eigenvalue weighted by molar-refractivity contribution is 6.03. The Bertz CT molecular complexity index is 662. The van der Waals surface area contributed by atoms with Crippen molar-refractivity contribution in [2.45, 2.75) is 38.8 Å². The predicted molar refractivity (Wildman–Crippen MR) is 91.3 cm³/mol. The molecule has 1 aliphatic rings. The molecule has 1 unspecified atom stereocenters. The van der Waals surface area contributed by atoms with E-state index in [1.54, 1.807) is 24.1 Å². The predicted octanol–water partition coefficient (Wildman–Crippen LogP) is 3.05. The van der Waals surface area contributed by atoms with Gasteiger partial charge in [0.1, 0.15) is 0 Å². The van der Waals surface area contributed by atoms with Gasteiger partial charge >= 0.3 is 0 Å². The van der Waals surface area contributed by atoms with Gasteiger partial charge < -0.3 is 5.32 Å². The van der Waals surface area contributed by atoms with Gasteiger partial charge in [-0.3, -0.25) is 14.4 Å². The number of piperidine rings is 1. The molecule has 1 saturated heterocycles. The molecule has 0 aliphatic carbocycles. The summed E-state index contributed by atoms with van der Waals surface area (Å²) in [6.07, 6.45) is 7.21. The molecule has 122 valence electrons. The van der Waals surface area contributed by atoms with Gasteiger partial charge in [-0.05, 0) is 44.0 Å². The van der Waals surface area contributed by atoms with Gasteiger partial charge in [-0.1, -0.05) is 18.6 Å². The first-order chi connectivity index (χ1) is 11.1. The minimum atomic E-state index is -0.129. The minimum absolute atomic E-state index is 0.129. The second-order valence-corrected chi connectivity index (χ2v) is 6.37. The van der Waals surface area contributed by atoms with Crippen molar-refractivity contribution in [3.8, 4) is 0 Å². The second kappa shape index (κ2) is 6.96. The lowest BCUT2D eigenvalue weighted by Crippen LogP contribution is -2.36. The number of nitrogens with zero attached hydrogens (tertiary/aromatic N) is 3. The number of aryl methyl sites for hydroxylation is 1. The van der Waals surface area contributed by atoms with Gasteiger partial charge in [0.25, 0.3) is 5.91 Å². The first kappa shape index (κ1) is 15.7. The number of rotatable bonds is 4. The van der Waals surface area contributed by atoms with E-state index in [0.717, 1.165) is 12.2 Å². The van der Waals surface area contributed by atoms with Crippen molar-refractivity contribution < 1.29 is 4.79 Å². The summed E-state index contributed by atoms with van der Waals surface area (Å²) >= 11 is 0. The lowest BCUT2D eigenvalue weighted by Gasteiger charge is -2.33. The van der Waals surface area contributed by atoms with Crippen molar-refractivity contribution in [1.29, 1.82) is 0 Å². The van der Waals surface area contributed by atoms with Crippen LogP contribution in [0.3, 0.4) is 0 Å². The summed E-state index contributed by atoms with van der Waals surface area (Å²) in [5.41, 5.74) is 2.67. The summed E-state index contributed by atoms with van der Waals surface area (Å²) in [6.45, 7) is 4.47. The molecule has 1 N–H and O–H groups in total. The summed E-state index contributed by atoms with van der Waals surface area (Å²) in [4.78, 5) is 14.6. The van der Waals surface area contributed by atoms with Crippen LogP contribution >= 0.6 is 0 Å². The minimum Gasteiger partial charge on any atom is -0.322 e. The van der Waals surface area contributed by atoms with Crippen LogP contribution in [0.2, 0.25) is 0 Å². The Balaban J connectivity index is 1.59. The molecule has 23 heavy (non-hydrogen) atoms. The van der Waals surface area contributed by atoms with Gasteiger partial charge in [0.15, 0.2) is 0 Å². The van der Waals surface area contributed by atoms with Crippen molar-refractivity contribution in [2.24, 2.45) is 7.05 Å². The molecule has 0 saturated carbocycles. The fraction of sp³-hybridized carbons (Fsp3) is 0.444. The Morgan fingerprint density at radius 3 is 2.74 bits per heavy atom. The Morgan fingerprint density at radius 1 is 1.30 bits per heavy atom. The van der Waals surface area contributed by atoms with Gasteiger partial charge in [0, 0.05) is 31.5 Å². The van der Waals surface area contributed by atoms with Gasteiger partial charge in [-0.25, -0.2) is 0 Å².